The number of hydrogen-bond donors (Lipinski definition) is 1. The van der Waals surface area contributed by atoms with Gasteiger partial charge in [0.25, 0.3) is 5.91 Å². The second-order valence-corrected chi connectivity index (χ2v) is 8.44. The van der Waals surface area contributed by atoms with Crippen LogP contribution in [-0.4, -0.2) is 36.4 Å². The maximum atomic E-state index is 12.7. The van der Waals surface area contributed by atoms with Gasteiger partial charge in [-0.15, -0.1) is 10.2 Å². The Morgan fingerprint density at radius 1 is 1.08 bits per heavy atom. The first-order valence-electron chi connectivity index (χ1n) is 10.4. The van der Waals surface area contributed by atoms with Crippen molar-refractivity contribution < 1.29 is 32.2 Å². The van der Waals surface area contributed by atoms with Crippen LogP contribution in [0.2, 0.25) is 0 Å². The molecule has 2 aromatic carbocycles. The molecule has 36 heavy (non-hydrogen) atoms. The predicted molar refractivity (Wildman–Crippen MR) is 127 cm³/mol. The lowest BCUT2D eigenvalue weighted by Gasteiger charge is -2.13. The van der Waals surface area contributed by atoms with E-state index in [4.69, 9.17) is 14.2 Å². The van der Waals surface area contributed by atoms with E-state index in [9.17, 15) is 23.2 Å². The van der Waals surface area contributed by atoms with Gasteiger partial charge in [-0.1, -0.05) is 23.5 Å². The zero-order valence-electron chi connectivity index (χ0n) is 19.5. The van der Waals surface area contributed by atoms with E-state index in [1.807, 2.05) is 32.0 Å². The molecule has 8 nitrogen and oxygen atoms in total. The third-order valence-corrected chi connectivity index (χ3v) is 5.44. The minimum atomic E-state index is -4.68. The quantitative estimate of drug-likeness (QED) is 0.236. The third kappa shape index (κ3) is 7.19. The zero-order chi connectivity index (χ0) is 26.3. The number of nitrogens with one attached hydrogen (secondary N) is 1. The Labute approximate surface area is 208 Å². The smallest absolute Gasteiger partial charge is 0.445 e. The van der Waals surface area contributed by atoms with Crippen LogP contribution in [0.4, 0.5) is 18.3 Å². The van der Waals surface area contributed by atoms with Gasteiger partial charge in [0.1, 0.15) is 30.6 Å². The molecule has 0 saturated carbocycles. The van der Waals surface area contributed by atoms with Crippen molar-refractivity contribution in [1.82, 2.24) is 10.2 Å². The average molecular weight is 519 g/mol. The van der Waals surface area contributed by atoms with Crippen molar-refractivity contribution in [2.45, 2.75) is 20.0 Å². The lowest BCUT2D eigenvalue weighted by molar-refractivity contribution is -0.138. The lowest BCUT2D eigenvalue weighted by atomic mass is 10.1. The van der Waals surface area contributed by atoms with Crippen LogP contribution >= 0.6 is 11.3 Å². The van der Waals surface area contributed by atoms with Gasteiger partial charge in [0, 0.05) is 0 Å². The van der Waals surface area contributed by atoms with E-state index in [1.54, 1.807) is 24.3 Å². The first-order chi connectivity index (χ1) is 17.1. The first kappa shape index (κ1) is 26.5. The van der Waals surface area contributed by atoms with Crippen LogP contribution in [0.25, 0.3) is 6.08 Å². The molecule has 0 aliphatic heterocycles. The van der Waals surface area contributed by atoms with E-state index >= 15 is 0 Å². The van der Waals surface area contributed by atoms with Crippen molar-refractivity contribution in [2.24, 2.45) is 0 Å². The molecule has 0 saturated heterocycles. The highest BCUT2D eigenvalue weighted by Crippen LogP contribution is 2.33. The molecule has 1 heterocycles. The molecule has 0 fully saturated rings. The maximum absolute atomic E-state index is 12.7. The van der Waals surface area contributed by atoms with E-state index in [1.165, 1.54) is 13.2 Å². The predicted octanol–water partition coefficient (Wildman–Crippen LogP) is 5.19. The molecule has 1 aromatic heterocycles. The molecule has 3 rings (SSSR count). The lowest BCUT2D eigenvalue weighted by Crippen LogP contribution is -2.13. The number of halogens is 3. The van der Waals surface area contributed by atoms with Gasteiger partial charge in [-0.3, -0.25) is 10.1 Å². The van der Waals surface area contributed by atoms with Crippen LogP contribution in [0.1, 0.15) is 21.7 Å². The number of anilines is 1. The van der Waals surface area contributed by atoms with Crippen molar-refractivity contribution in [3.05, 3.63) is 63.7 Å². The van der Waals surface area contributed by atoms with E-state index < -0.39 is 17.1 Å². The van der Waals surface area contributed by atoms with Gasteiger partial charge >= 0.3 is 6.18 Å². The number of benzene rings is 2. The van der Waals surface area contributed by atoms with Crippen LogP contribution in [0.5, 0.6) is 17.2 Å². The molecule has 0 unspecified atom stereocenters. The summed E-state index contributed by atoms with van der Waals surface area (Å²) in [6, 6.07) is 12.4. The Morgan fingerprint density at radius 3 is 2.39 bits per heavy atom. The van der Waals surface area contributed by atoms with Crippen LogP contribution < -0.4 is 19.5 Å². The molecule has 188 valence electrons. The van der Waals surface area contributed by atoms with Gasteiger partial charge in [0.15, 0.2) is 11.5 Å². The maximum Gasteiger partial charge on any atom is 0.445 e. The van der Waals surface area contributed by atoms with E-state index in [-0.39, 0.29) is 28.6 Å². The van der Waals surface area contributed by atoms with Crippen LogP contribution in [-0.2, 0) is 11.0 Å². The SMILES string of the molecule is COc1cc(C=C(C#N)C(=O)Nc2nnc(C(F)(F)F)s2)ccc1OCCOc1cc(C)cc(C)c1. The number of hydrogen-bond acceptors (Lipinski definition) is 8. The Morgan fingerprint density at radius 2 is 1.78 bits per heavy atom. The summed E-state index contributed by atoms with van der Waals surface area (Å²) in [5.74, 6) is 0.598. The Hall–Kier alpha value is -4.11. The second kappa shape index (κ2) is 11.5. The molecule has 0 bridgehead atoms. The number of aromatic nitrogens is 2. The second-order valence-electron chi connectivity index (χ2n) is 7.46. The summed E-state index contributed by atoms with van der Waals surface area (Å²) in [5, 5.41) is 16.2. The number of methoxy groups -OCH3 is 1. The van der Waals surface area contributed by atoms with Crippen molar-refractivity contribution in [1.29, 1.82) is 5.26 Å². The van der Waals surface area contributed by atoms with Crippen LogP contribution in [0, 0.1) is 25.2 Å². The summed E-state index contributed by atoms with van der Waals surface area (Å²) in [5.41, 5.74) is 2.27. The summed E-state index contributed by atoms with van der Waals surface area (Å²) in [7, 11) is 1.44. The highest BCUT2D eigenvalue weighted by molar-refractivity contribution is 7.15. The molecule has 1 N–H and O–H groups in total. The molecule has 12 heteroatoms. The van der Waals surface area contributed by atoms with Crippen molar-refractivity contribution in [3.63, 3.8) is 0 Å². The van der Waals surface area contributed by atoms with Gasteiger partial charge in [-0.05, 0) is 60.9 Å². The Kier molecular flexibility index (Phi) is 8.50. The summed E-state index contributed by atoms with van der Waals surface area (Å²) in [6.45, 7) is 4.51. The molecule has 0 aliphatic carbocycles. The van der Waals surface area contributed by atoms with Gasteiger partial charge < -0.3 is 14.2 Å². The Bertz CT molecular complexity index is 1300. The fourth-order valence-electron chi connectivity index (χ4n) is 3.09. The average Bonchev–Trinajstić information content (AvgIpc) is 3.29. The van der Waals surface area contributed by atoms with Crippen LogP contribution in [0.3, 0.4) is 0 Å². The highest BCUT2D eigenvalue weighted by atomic mass is 32.1. The van der Waals surface area contributed by atoms with Gasteiger partial charge in [0.05, 0.1) is 7.11 Å². The highest BCUT2D eigenvalue weighted by Gasteiger charge is 2.35. The number of nitrogens with zero attached hydrogens (tertiary/aromatic N) is 3. The Balaban J connectivity index is 1.63. The molecule has 0 aliphatic rings. The van der Waals surface area contributed by atoms with Crippen molar-refractivity contribution >= 4 is 28.5 Å². The number of nitriles is 1. The van der Waals surface area contributed by atoms with E-state index in [0.717, 1.165) is 16.9 Å². The summed E-state index contributed by atoms with van der Waals surface area (Å²) >= 11 is 0.157. The number of rotatable bonds is 9. The third-order valence-electron chi connectivity index (χ3n) is 4.56. The largest absolute Gasteiger partial charge is 0.493 e. The molecule has 1 amide bonds. The van der Waals surface area contributed by atoms with Crippen molar-refractivity contribution in [3.8, 4) is 23.3 Å². The standard InChI is InChI=1S/C24H21F3N4O4S/c1-14-8-15(2)10-18(9-14)34-6-7-35-19-5-4-16(12-20(19)33-3)11-17(13-28)21(32)29-23-31-30-22(36-23)24(25,26)27/h4-5,8-12H,6-7H2,1-3H3,(H,29,31,32). The minimum Gasteiger partial charge on any atom is -0.493 e. The monoisotopic (exact) mass is 518 g/mol. The number of aryl methyl sites for hydroxylation is 2. The number of ether oxygens (including phenoxy) is 3. The normalized spacial score (nSPS) is 11.5. The fraction of sp³-hybridized carbons (Fsp3) is 0.250. The van der Waals surface area contributed by atoms with Gasteiger partial charge in [0.2, 0.25) is 10.1 Å². The molecule has 0 spiro atoms. The molecular weight excluding hydrogens is 497 g/mol. The number of amides is 1. The summed E-state index contributed by atoms with van der Waals surface area (Å²) in [6.07, 6.45) is -3.42. The number of carbonyl (C=O) groups is 1. The van der Waals surface area contributed by atoms with E-state index in [0.29, 0.717) is 23.7 Å². The molecule has 3 aromatic rings. The number of carbonyl (C=O) groups excluding carboxylic acids is 1. The van der Waals surface area contributed by atoms with Crippen molar-refractivity contribution in [2.75, 3.05) is 25.6 Å². The molecule has 0 radical (unpaired) electrons. The first-order valence-corrected chi connectivity index (χ1v) is 11.3. The number of alkyl halides is 3. The fourth-order valence-corrected chi connectivity index (χ4v) is 3.69. The summed E-state index contributed by atoms with van der Waals surface area (Å²) in [4.78, 5) is 12.3. The molecule has 0 atom stereocenters. The van der Waals surface area contributed by atoms with Gasteiger partial charge in [-0.25, -0.2) is 0 Å². The van der Waals surface area contributed by atoms with Crippen LogP contribution in [0.15, 0.2) is 42.0 Å². The summed E-state index contributed by atoms with van der Waals surface area (Å²) < 4.78 is 54.8. The molecular formula is C24H21F3N4O4S. The topological polar surface area (TPSA) is 106 Å². The van der Waals surface area contributed by atoms with Gasteiger partial charge in [-0.2, -0.15) is 18.4 Å². The zero-order valence-corrected chi connectivity index (χ0v) is 20.3. The minimum absolute atomic E-state index is 0.157. The van der Waals surface area contributed by atoms with E-state index in [2.05, 4.69) is 15.5 Å².